The Morgan fingerprint density at radius 2 is 1.92 bits per heavy atom. The zero-order valence-corrected chi connectivity index (χ0v) is 7.89. The van der Waals surface area contributed by atoms with Crippen molar-refractivity contribution in [3.63, 3.8) is 0 Å². The van der Waals surface area contributed by atoms with Crippen LogP contribution in [0.15, 0.2) is 12.5 Å². The van der Waals surface area contributed by atoms with Crippen molar-refractivity contribution >= 4 is 0 Å². The number of alkyl halides is 3. The van der Waals surface area contributed by atoms with E-state index in [0.717, 1.165) is 6.20 Å². The first-order valence-electron chi connectivity index (χ1n) is 4.13. The number of nitrogens with zero attached hydrogens (tertiary/aromatic N) is 2. The van der Waals surface area contributed by atoms with Crippen LogP contribution in [0.3, 0.4) is 0 Å². The summed E-state index contributed by atoms with van der Waals surface area (Å²) in [5, 5.41) is 0. The molecule has 0 spiro atoms. The quantitative estimate of drug-likeness (QED) is 0.672. The molecule has 76 valence electrons. The summed E-state index contributed by atoms with van der Waals surface area (Å²) in [7, 11) is 0. The largest absolute Gasteiger partial charge is 0.434 e. The first kappa shape index (κ1) is 12.0. The normalized spacial score (nSPS) is 10.6. The van der Waals surface area contributed by atoms with Gasteiger partial charge in [-0.1, -0.05) is 13.8 Å². The first-order chi connectivity index (χ1) is 6.04. The van der Waals surface area contributed by atoms with Gasteiger partial charge in [0.1, 0.15) is 0 Å². The first-order valence-corrected chi connectivity index (χ1v) is 4.13. The summed E-state index contributed by atoms with van der Waals surface area (Å²) in [6.07, 6.45) is -2.16. The highest BCUT2D eigenvalue weighted by atomic mass is 19.4. The molecule has 1 rings (SSSR count). The topological polar surface area (TPSA) is 17.8 Å². The van der Waals surface area contributed by atoms with E-state index in [1.165, 1.54) is 10.9 Å². The van der Waals surface area contributed by atoms with Crippen LogP contribution in [0.1, 0.15) is 26.5 Å². The van der Waals surface area contributed by atoms with Crippen molar-refractivity contribution in [2.45, 2.75) is 33.5 Å². The second-order valence-corrected chi connectivity index (χ2v) is 2.09. The zero-order chi connectivity index (χ0) is 10.5. The molecule has 0 saturated heterocycles. The highest BCUT2D eigenvalue weighted by Gasteiger charge is 2.33. The number of aromatic nitrogens is 2. The number of halogens is 3. The van der Waals surface area contributed by atoms with E-state index < -0.39 is 11.9 Å². The fourth-order valence-corrected chi connectivity index (χ4v) is 0.679. The molecule has 0 unspecified atom stereocenters. The summed E-state index contributed by atoms with van der Waals surface area (Å²) in [6.45, 7) is 6.25. The molecule has 1 aromatic rings. The molecule has 0 radical (unpaired) electrons. The molecule has 1 aromatic heterocycles. The maximum Gasteiger partial charge on any atom is 0.434 e. The average Bonchev–Trinajstić information content (AvgIpc) is 2.54. The van der Waals surface area contributed by atoms with Crippen LogP contribution in [0.2, 0.25) is 0 Å². The van der Waals surface area contributed by atoms with Crippen molar-refractivity contribution in [1.82, 2.24) is 9.55 Å². The maximum atomic E-state index is 11.9. The van der Waals surface area contributed by atoms with E-state index in [1.54, 1.807) is 6.92 Å². The monoisotopic (exact) mass is 194 g/mol. The van der Waals surface area contributed by atoms with Gasteiger partial charge in [-0.3, -0.25) is 0 Å². The lowest BCUT2D eigenvalue weighted by Crippen LogP contribution is -2.04. The Labute approximate surface area is 75.4 Å². The molecule has 0 saturated carbocycles. The third kappa shape index (κ3) is 3.48. The molecule has 0 N–H and O–H groups in total. The Hall–Kier alpha value is -1.00. The van der Waals surface area contributed by atoms with Crippen LogP contribution in [0.5, 0.6) is 0 Å². The van der Waals surface area contributed by atoms with E-state index in [-0.39, 0.29) is 0 Å². The van der Waals surface area contributed by atoms with E-state index in [2.05, 4.69) is 4.98 Å². The van der Waals surface area contributed by atoms with Gasteiger partial charge in [0.25, 0.3) is 0 Å². The lowest BCUT2D eigenvalue weighted by molar-refractivity contribution is -0.140. The summed E-state index contributed by atoms with van der Waals surface area (Å²) < 4.78 is 37.0. The number of aryl methyl sites for hydroxylation is 1. The fraction of sp³-hybridized carbons (Fsp3) is 0.625. The van der Waals surface area contributed by atoms with Crippen LogP contribution in [0.4, 0.5) is 13.2 Å². The maximum absolute atomic E-state index is 11.9. The molecule has 13 heavy (non-hydrogen) atoms. The van der Waals surface area contributed by atoms with Crippen LogP contribution in [0, 0.1) is 0 Å². The summed E-state index contributed by atoms with van der Waals surface area (Å²) in [5.74, 6) is 0. The lowest BCUT2D eigenvalue weighted by Gasteiger charge is -1.99. The van der Waals surface area contributed by atoms with Crippen molar-refractivity contribution < 1.29 is 13.2 Å². The summed E-state index contributed by atoms with van der Waals surface area (Å²) in [4.78, 5) is 3.20. The van der Waals surface area contributed by atoms with E-state index in [1.807, 2.05) is 13.8 Å². The predicted molar refractivity (Wildman–Crippen MR) is 44.3 cm³/mol. The lowest BCUT2D eigenvalue weighted by atomic mass is 10.5. The molecule has 0 aliphatic heterocycles. The number of rotatable bonds is 1. The van der Waals surface area contributed by atoms with Gasteiger partial charge >= 0.3 is 6.18 Å². The Morgan fingerprint density at radius 1 is 1.38 bits per heavy atom. The minimum Gasteiger partial charge on any atom is -0.337 e. The van der Waals surface area contributed by atoms with Crippen LogP contribution in [-0.2, 0) is 12.7 Å². The van der Waals surface area contributed by atoms with Gasteiger partial charge in [-0.05, 0) is 6.92 Å². The summed E-state index contributed by atoms with van der Waals surface area (Å²) in [5.41, 5.74) is -0.834. The minimum atomic E-state index is -4.32. The van der Waals surface area contributed by atoms with E-state index in [9.17, 15) is 13.2 Å². The van der Waals surface area contributed by atoms with Crippen molar-refractivity contribution in [3.05, 3.63) is 18.2 Å². The van der Waals surface area contributed by atoms with Gasteiger partial charge in [0.05, 0.1) is 6.33 Å². The van der Waals surface area contributed by atoms with Gasteiger partial charge in [0.2, 0.25) is 0 Å². The predicted octanol–water partition coefficient (Wildman–Crippen LogP) is 2.95. The Balaban J connectivity index is 0.000000671. The number of hydrogen-bond acceptors (Lipinski definition) is 1. The Morgan fingerprint density at radius 3 is 2.15 bits per heavy atom. The summed E-state index contributed by atoms with van der Waals surface area (Å²) >= 11 is 0. The second kappa shape index (κ2) is 4.89. The molecule has 0 atom stereocenters. The molecule has 0 amide bonds. The third-order valence-corrected chi connectivity index (χ3v) is 1.29. The van der Waals surface area contributed by atoms with Crippen LogP contribution in [0.25, 0.3) is 0 Å². The van der Waals surface area contributed by atoms with Gasteiger partial charge in [-0.2, -0.15) is 13.2 Å². The zero-order valence-electron chi connectivity index (χ0n) is 7.89. The SMILES string of the molecule is CC.CCn1cnc(C(F)(F)F)c1. The van der Waals surface area contributed by atoms with Gasteiger partial charge in [-0.25, -0.2) is 4.98 Å². The number of hydrogen-bond donors (Lipinski definition) is 0. The third-order valence-electron chi connectivity index (χ3n) is 1.29. The van der Waals surface area contributed by atoms with Crippen molar-refractivity contribution in [1.29, 1.82) is 0 Å². The van der Waals surface area contributed by atoms with E-state index >= 15 is 0 Å². The van der Waals surface area contributed by atoms with Crippen LogP contribution in [-0.4, -0.2) is 9.55 Å². The molecule has 2 nitrogen and oxygen atoms in total. The van der Waals surface area contributed by atoms with Crippen molar-refractivity contribution in [2.75, 3.05) is 0 Å². The second-order valence-electron chi connectivity index (χ2n) is 2.09. The highest BCUT2D eigenvalue weighted by molar-refractivity contribution is 5.00. The van der Waals surface area contributed by atoms with Crippen molar-refractivity contribution in [3.8, 4) is 0 Å². The minimum absolute atomic E-state index is 0.503. The molecule has 0 fully saturated rings. The Kier molecular flexibility index (Phi) is 4.51. The molecule has 1 heterocycles. The summed E-state index contributed by atoms with van der Waals surface area (Å²) in [6, 6.07) is 0. The van der Waals surface area contributed by atoms with Crippen molar-refractivity contribution in [2.24, 2.45) is 0 Å². The molecule has 0 bridgehead atoms. The van der Waals surface area contributed by atoms with Gasteiger partial charge in [0, 0.05) is 12.7 Å². The molecular formula is C8H13F3N2. The van der Waals surface area contributed by atoms with Crippen LogP contribution < -0.4 is 0 Å². The molecule has 5 heteroatoms. The molecule has 0 aromatic carbocycles. The molecule has 0 aliphatic carbocycles. The molecular weight excluding hydrogens is 181 g/mol. The van der Waals surface area contributed by atoms with E-state index in [4.69, 9.17) is 0 Å². The highest BCUT2D eigenvalue weighted by Crippen LogP contribution is 2.26. The standard InChI is InChI=1S/C6H7F3N2.C2H6/c1-2-11-3-5(10-4-11)6(7,8)9;1-2/h3-4H,2H2,1H3;1-2H3. The Bertz CT molecular complexity index is 240. The number of imidazole rings is 1. The van der Waals surface area contributed by atoms with Gasteiger partial charge in [0.15, 0.2) is 5.69 Å². The smallest absolute Gasteiger partial charge is 0.337 e. The van der Waals surface area contributed by atoms with Gasteiger partial charge < -0.3 is 4.57 Å². The fourth-order valence-electron chi connectivity index (χ4n) is 0.679. The van der Waals surface area contributed by atoms with Gasteiger partial charge in [-0.15, -0.1) is 0 Å². The average molecular weight is 194 g/mol. The van der Waals surface area contributed by atoms with E-state index in [0.29, 0.717) is 6.54 Å². The van der Waals surface area contributed by atoms with Crippen LogP contribution >= 0.6 is 0 Å². The molecule has 0 aliphatic rings.